The first kappa shape index (κ1) is 82.6. The summed E-state index contributed by atoms with van der Waals surface area (Å²) < 4.78 is 55.5. The van der Waals surface area contributed by atoms with Crippen LogP contribution in [0.15, 0.2) is 231 Å². The molecule has 3 aliphatic rings. The number of hydrogen-bond acceptors (Lipinski definition) is 0. The molecule has 18 rings (SSSR count). The van der Waals surface area contributed by atoms with E-state index in [1.807, 2.05) is 6.07 Å². The fraction of sp³-hybridized carbons (Fsp3) is 0.312. The summed E-state index contributed by atoms with van der Waals surface area (Å²) >= 11 is 0. The van der Waals surface area contributed by atoms with Gasteiger partial charge in [0.15, 0.2) is 12.4 Å². The van der Waals surface area contributed by atoms with Gasteiger partial charge in [-0.05, 0) is 272 Å². The van der Waals surface area contributed by atoms with Gasteiger partial charge in [-0.2, -0.15) is 13.7 Å². The number of pyridine rings is 5. The van der Waals surface area contributed by atoms with Gasteiger partial charge in [0.25, 0.3) is 0 Å². The molecule has 3 aliphatic carbocycles. The van der Waals surface area contributed by atoms with Crippen LogP contribution in [0.4, 0.5) is 13.2 Å². The highest BCUT2D eigenvalue weighted by Crippen LogP contribution is 2.42. The van der Waals surface area contributed by atoms with E-state index in [9.17, 15) is 13.2 Å². The van der Waals surface area contributed by atoms with Gasteiger partial charge in [-0.1, -0.05) is 171 Å². The van der Waals surface area contributed by atoms with Crippen molar-refractivity contribution >= 4 is 54.3 Å². The third-order valence-electron chi connectivity index (χ3n) is 26.0. The molecular formula is C109H119F3N5+5. The first-order valence-corrected chi connectivity index (χ1v) is 42.9. The zero-order valence-corrected chi connectivity index (χ0v) is 72.1. The van der Waals surface area contributed by atoms with Crippen LogP contribution in [-0.2, 0) is 35.2 Å². The maximum atomic E-state index is 14.8. The standard InChI is InChI=1S/2C25H29FN.C24H27FN.C18H18N.C17H16N/c1-16-14-17(2)18(3)21(15-16)24-12-10-20-23(27(24)4)13-11-22(26)25(20)19-8-6-5-7-9-19;1-16-12-17(2)18(3)21(13-16)24-11-10-20-14-23(26)22(15-25(20)27(24)4)19-8-6-5-7-9-19;1-16-9-10-17(2)20(13-16)23-12-11-19-14-22(25)21(15-24(19)26(23)3)18-7-5-4-6-8-18;1-13-8-9-15-10-11-19(3)18(17(15)12-13)16-7-5-4-6-14(16)2;1-13-7-3-5-9-15(13)17-16-10-6-4-8-14(16)11-12-18(17)2/h2*10-15,19H,5-9H2,1-4H3;9-15,18H,4-8H2,1-3H3;4-12H,1-3H3;3-12H,1-2H3/q5*+1. The number of benzene rings is 10. The SMILES string of the molecule is Cc1cc(C)c(C)c(-c2ccc3c(C4CCCCC4)c(F)ccc3[n+]2C)c1.Cc1cc(C)c(C)c(-c2ccc3cc(F)c(C4CCCCC4)cc3[n+]2C)c1.Cc1ccc(C)c(-c2ccc3cc(F)c(C4CCCCC4)cc3[n+]2C)c1.Cc1ccc2cc[n+](C)c(-c3ccccc3C)c2c1.Cc1ccccc1-c1c2ccccc2cc[n+]1C. The van der Waals surface area contributed by atoms with E-state index in [0.29, 0.717) is 17.8 Å². The highest BCUT2D eigenvalue weighted by Gasteiger charge is 2.30. The van der Waals surface area contributed by atoms with Crippen molar-refractivity contribution in [2.45, 2.75) is 190 Å². The Balaban J connectivity index is 0.000000121. The minimum absolute atomic E-state index is 0.0373. The number of aryl methyl sites for hydroxylation is 14. The Morgan fingerprint density at radius 3 is 1.18 bits per heavy atom. The lowest BCUT2D eigenvalue weighted by atomic mass is 9.82. The maximum absolute atomic E-state index is 14.8. The third-order valence-corrected chi connectivity index (χ3v) is 26.0. The molecule has 596 valence electrons. The second-order valence-corrected chi connectivity index (χ2v) is 34.3. The van der Waals surface area contributed by atoms with Gasteiger partial charge in [0.2, 0.25) is 45.0 Å². The quantitative estimate of drug-likeness (QED) is 0.135. The molecule has 3 fully saturated rings. The molecule has 3 saturated carbocycles. The van der Waals surface area contributed by atoms with Crippen molar-refractivity contribution in [3.8, 4) is 56.3 Å². The van der Waals surface area contributed by atoms with E-state index >= 15 is 0 Å². The molecule has 15 aromatic rings. The fourth-order valence-corrected chi connectivity index (χ4v) is 19.2. The Bertz CT molecular complexity index is 6130. The van der Waals surface area contributed by atoms with Crippen LogP contribution >= 0.6 is 0 Å². The van der Waals surface area contributed by atoms with Crippen molar-refractivity contribution in [2.24, 2.45) is 35.2 Å². The molecule has 0 unspecified atom stereocenters. The van der Waals surface area contributed by atoms with E-state index in [2.05, 4.69) is 341 Å². The lowest BCUT2D eigenvalue weighted by molar-refractivity contribution is -0.659. The summed E-state index contributed by atoms with van der Waals surface area (Å²) in [7, 11) is 10.5. The van der Waals surface area contributed by atoms with E-state index in [0.717, 1.165) is 87.9 Å². The van der Waals surface area contributed by atoms with Crippen LogP contribution < -0.4 is 22.8 Å². The monoisotopic (exact) mass is 1550 g/mol. The number of fused-ring (bicyclic) bond motifs is 5. The van der Waals surface area contributed by atoms with Gasteiger partial charge >= 0.3 is 0 Å². The number of halogens is 3. The molecule has 0 bridgehead atoms. The van der Waals surface area contributed by atoms with Gasteiger partial charge < -0.3 is 0 Å². The molecule has 0 saturated heterocycles. The highest BCUT2D eigenvalue weighted by atomic mass is 19.1. The lowest BCUT2D eigenvalue weighted by Gasteiger charge is -2.23. The third kappa shape index (κ3) is 17.8. The average molecular weight is 1560 g/mol. The Morgan fingerprint density at radius 1 is 0.265 bits per heavy atom. The van der Waals surface area contributed by atoms with E-state index in [1.54, 1.807) is 18.2 Å². The van der Waals surface area contributed by atoms with Crippen LogP contribution in [0.2, 0.25) is 0 Å². The molecule has 0 amide bonds. The van der Waals surface area contributed by atoms with E-state index in [4.69, 9.17) is 0 Å². The maximum Gasteiger partial charge on any atom is 0.220 e. The van der Waals surface area contributed by atoms with Crippen molar-refractivity contribution in [2.75, 3.05) is 0 Å². The van der Waals surface area contributed by atoms with E-state index < -0.39 is 0 Å². The molecule has 117 heavy (non-hydrogen) atoms. The Kier molecular flexibility index (Phi) is 25.6. The van der Waals surface area contributed by atoms with Crippen LogP contribution in [0.25, 0.3) is 111 Å². The summed E-state index contributed by atoms with van der Waals surface area (Å²) in [6.07, 6.45) is 22.1. The molecule has 0 N–H and O–H groups in total. The normalized spacial score (nSPS) is 14.0. The van der Waals surface area contributed by atoms with Crippen molar-refractivity contribution in [3.05, 3.63) is 326 Å². The van der Waals surface area contributed by atoms with Gasteiger partial charge in [0.1, 0.15) is 52.7 Å². The van der Waals surface area contributed by atoms with Crippen molar-refractivity contribution < 1.29 is 36.0 Å². The van der Waals surface area contributed by atoms with Gasteiger partial charge in [0.05, 0.1) is 16.2 Å². The van der Waals surface area contributed by atoms with Gasteiger partial charge in [-0.25, -0.2) is 22.3 Å². The summed E-state index contributed by atoms with van der Waals surface area (Å²) in [6, 6.07) is 76.2. The zero-order valence-electron chi connectivity index (χ0n) is 72.1. The fourth-order valence-electron chi connectivity index (χ4n) is 19.2. The molecule has 0 aliphatic heterocycles. The predicted octanol–water partition coefficient (Wildman–Crippen LogP) is 26.6. The molecule has 10 aromatic carbocycles. The summed E-state index contributed by atoms with van der Waals surface area (Å²) in [5.41, 5.74) is 32.9. The summed E-state index contributed by atoms with van der Waals surface area (Å²) in [5.74, 6) is 0.988. The minimum Gasteiger partial charge on any atom is -0.207 e. The molecular weight excluding hydrogens is 1440 g/mol. The first-order valence-electron chi connectivity index (χ1n) is 42.9. The van der Waals surface area contributed by atoms with Crippen LogP contribution in [0.1, 0.15) is 192 Å². The average Bonchev–Trinajstić information content (AvgIpc) is 0.826. The summed E-state index contributed by atoms with van der Waals surface area (Å²) in [6.45, 7) is 23.8. The highest BCUT2D eigenvalue weighted by molar-refractivity contribution is 5.95. The summed E-state index contributed by atoms with van der Waals surface area (Å²) in [5, 5.41) is 8.22. The molecule has 0 atom stereocenters. The second-order valence-electron chi connectivity index (χ2n) is 34.3. The minimum atomic E-state index is -0.0381. The van der Waals surface area contributed by atoms with Gasteiger partial charge in [0, 0.05) is 92.7 Å². The molecule has 0 spiro atoms. The molecule has 0 radical (unpaired) electrons. The predicted molar refractivity (Wildman–Crippen MR) is 482 cm³/mol. The topological polar surface area (TPSA) is 19.4 Å². The zero-order chi connectivity index (χ0) is 82.5. The van der Waals surface area contributed by atoms with Crippen molar-refractivity contribution in [3.63, 3.8) is 0 Å². The number of aromatic nitrogens is 5. The van der Waals surface area contributed by atoms with Crippen LogP contribution in [0, 0.1) is 93.6 Å². The molecule has 5 heterocycles. The lowest BCUT2D eigenvalue weighted by Crippen LogP contribution is -2.32. The summed E-state index contributed by atoms with van der Waals surface area (Å²) in [4.78, 5) is 0. The van der Waals surface area contributed by atoms with Crippen molar-refractivity contribution in [1.82, 2.24) is 0 Å². The van der Waals surface area contributed by atoms with Crippen molar-refractivity contribution in [1.29, 1.82) is 0 Å². The number of hydrogen-bond donors (Lipinski definition) is 0. The van der Waals surface area contributed by atoms with E-state index in [1.165, 1.54) is 197 Å². The molecule has 5 nitrogen and oxygen atoms in total. The second kappa shape index (κ2) is 36.3. The molecule has 5 aromatic heterocycles. The van der Waals surface area contributed by atoms with Crippen LogP contribution in [0.5, 0.6) is 0 Å². The Labute approximate surface area is 693 Å². The van der Waals surface area contributed by atoms with Crippen LogP contribution in [-0.4, -0.2) is 0 Å². The van der Waals surface area contributed by atoms with Crippen LogP contribution in [0.3, 0.4) is 0 Å². The van der Waals surface area contributed by atoms with E-state index in [-0.39, 0.29) is 17.5 Å². The number of rotatable bonds is 8. The van der Waals surface area contributed by atoms with Gasteiger partial charge in [-0.15, -0.1) is 0 Å². The number of nitrogens with zero attached hydrogens (tertiary/aromatic N) is 5. The smallest absolute Gasteiger partial charge is 0.207 e. The van der Waals surface area contributed by atoms with Gasteiger partial charge in [-0.3, -0.25) is 0 Å². The Hall–Kier alpha value is -11.0. The first-order chi connectivity index (χ1) is 56.4. The largest absolute Gasteiger partial charge is 0.220 e. The molecule has 8 heteroatoms. The Morgan fingerprint density at radius 2 is 0.667 bits per heavy atom.